The third-order valence-corrected chi connectivity index (χ3v) is 3.88. The van der Waals surface area contributed by atoms with E-state index in [1.54, 1.807) is 0 Å². The van der Waals surface area contributed by atoms with Gasteiger partial charge < -0.3 is 14.5 Å². The highest BCUT2D eigenvalue weighted by molar-refractivity contribution is 5.87. The summed E-state index contributed by atoms with van der Waals surface area (Å²) in [6, 6.07) is 1.82. The number of carbonyl (C=O) groups is 1. The predicted molar refractivity (Wildman–Crippen MR) is 68.3 cm³/mol. The molecule has 2 atom stereocenters. The van der Waals surface area contributed by atoms with Gasteiger partial charge in [0.2, 0.25) is 5.76 Å². The van der Waals surface area contributed by atoms with Crippen molar-refractivity contribution >= 4 is 5.97 Å². The van der Waals surface area contributed by atoms with Gasteiger partial charge >= 0.3 is 5.97 Å². The van der Waals surface area contributed by atoms with Crippen LogP contribution in [-0.2, 0) is 11.3 Å². The van der Waals surface area contributed by atoms with Gasteiger partial charge in [0.05, 0.1) is 13.4 Å². The highest BCUT2D eigenvalue weighted by atomic mass is 16.5. The highest BCUT2D eigenvalue weighted by Crippen LogP contribution is 2.30. The molecular formula is C14H21NO3. The second-order valence-corrected chi connectivity index (χ2v) is 5.07. The number of rotatable bonds is 5. The topological polar surface area (TPSA) is 51.5 Å². The predicted octanol–water partition coefficient (Wildman–Crippen LogP) is 2.59. The van der Waals surface area contributed by atoms with Gasteiger partial charge in [-0.1, -0.05) is 19.8 Å². The van der Waals surface area contributed by atoms with Crippen molar-refractivity contribution in [3.05, 3.63) is 23.7 Å². The molecule has 1 aliphatic carbocycles. The monoisotopic (exact) mass is 251 g/mol. The Morgan fingerprint density at radius 1 is 1.56 bits per heavy atom. The lowest BCUT2D eigenvalue weighted by molar-refractivity contribution is 0.0563. The Morgan fingerprint density at radius 2 is 2.39 bits per heavy atom. The number of ether oxygens (including phenoxy) is 1. The SMILES string of the molecule is COC(=O)c1occc1CNCC1CCCC1C. The summed E-state index contributed by atoms with van der Waals surface area (Å²) in [5.41, 5.74) is 0.868. The van der Waals surface area contributed by atoms with Crippen LogP contribution in [-0.4, -0.2) is 19.6 Å². The molecule has 100 valence electrons. The average molecular weight is 251 g/mol. The molecule has 1 aromatic rings. The number of methoxy groups -OCH3 is 1. The maximum absolute atomic E-state index is 11.4. The first kappa shape index (κ1) is 13.1. The van der Waals surface area contributed by atoms with Crippen molar-refractivity contribution in [3.8, 4) is 0 Å². The van der Waals surface area contributed by atoms with Crippen LogP contribution in [0.4, 0.5) is 0 Å². The number of hydrogen-bond donors (Lipinski definition) is 1. The standard InChI is InChI=1S/C14H21NO3/c1-10-4-3-5-11(10)8-15-9-12-6-7-18-13(12)14(16)17-2/h6-7,10-11,15H,3-5,8-9H2,1-2H3. The molecule has 1 N–H and O–H groups in total. The molecule has 0 spiro atoms. The summed E-state index contributed by atoms with van der Waals surface area (Å²) < 4.78 is 9.82. The fourth-order valence-electron chi connectivity index (χ4n) is 2.66. The molecule has 0 aliphatic heterocycles. The van der Waals surface area contributed by atoms with Gasteiger partial charge in [-0.25, -0.2) is 4.79 Å². The molecular weight excluding hydrogens is 230 g/mol. The smallest absolute Gasteiger partial charge is 0.374 e. The zero-order valence-electron chi connectivity index (χ0n) is 11.1. The number of esters is 1. The van der Waals surface area contributed by atoms with Gasteiger partial charge in [0.15, 0.2) is 0 Å². The van der Waals surface area contributed by atoms with Crippen molar-refractivity contribution in [2.24, 2.45) is 11.8 Å². The van der Waals surface area contributed by atoms with E-state index in [1.165, 1.54) is 32.6 Å². The summed E-state index contributed by atoms with van der Waals surface area (Å²) >= 11 is 0. The molecule has 0 radical (unpaired) electrons. The van der Waals surface area contributed by atoms with E-state index in [2.05, 4.69) is 17.0 Å². The van der Waals surface area contributed by atoms with Gasteiger partial charge in [-0.2, -0.15) is 0 Å². The second kappa shape index (κ2) is 6.05. The van der Waals surface area contributed by atoms with Crippen LogP contribution in [0.3, 0.4) is 0 Å². The van der Waals surface area contributed by atoms with E-state index in [-0.39, 0.29) is 0 Å². The minimum Gasteiger partial charge on any atom is -0.463 e. The maximum Gasteiger partial charge on any atom is 0.374 e. The van der Waals surface area contributed by atoms with Crippen molar-refractivity contribution in [1.29, 1.82) is 0 Å². The van der Waals surface area contributed by atoms with E-state index in [4.69, 9.17) is 4.42 Å². The van der Waals surface area contributed by atoms with Crippen molar-refractivity contribution in [2.75, 3.05) is 13.7 Å². The number of furan rings is 1. The fraction of sp³-hybridized carbons (Fsp3) is 0.643. The van der Waals surface area contributed by atoms with Crippen LogP contribution in [0.2, 0.25) is 0 Å². The molecule has 0 amide bonds. The van der Waals surface area contributed by atoms with Gasteiger partial charge in [0.25, 0.3) is 0 Å². The molecule has 2 rings (SSSR count). The Labute approximate surface area is 108 Å². The molecule has 4 heteroatoms. The van der Waals surface area contributed by atoms with Gasteiger partial charge in [-0.15, -0.1) is 0 Å². The fourth-order valence-corrected chi connectivity index (χ4v) is 2.66. The molecule has 1 heterocycles. The minimum absolute atomic E-state index is 0.310. The number of carbonyl (C=O) groups excluding carboxylic acids is 1. The van der Waals surface area contributed by atoms with E-state index < -0.39 is 5.97 Å². The lowest BCUT2D eigenvalue weighted by Gasteiger charge is -2.15. The summed E-state index contributed by atoms with van der Waals surface area (Å²) in [7, 11) is 1.36. The molecule has 0 bridgehead atoms. The quantitative estimate of drug-likeness (QED) is 0.817. The molecule has 4 nitrogen and oxygen atoms in total. The van der Waals surface area contributed by atoms with E-state index in [0.29, 0.717) is 12.3 Å². The molecule has 1 aliphatic rings. The normalized spacial score (nSPS) is 23.2. The molecule has 0 aromatic carbocycles. The Bertz CT molecular complexity index is 399. The zero-order chi connectivity index (χ0) is 13.0. The van der Waals surface area contributed by atoms with Crippen molar-refractivity contribution < 1.29 is 13.9 Å². The number of nitrogens with one attached hydrogen (secondary N) is 1. The van der Waals surface area contributed by atoms with Gasteiger partial charge in [0, 0.05) is 12.1 Å². The summed E-state index contributed by atoms with van der Waals surface area (Å²) in [4.78, 5) is 11.4. The van der Waals surface area contributed by atoms with Crippen LogP contribution in [0, 0.1) is 11.8 Å². The average Bonchev–Trinajstić information content (AvgIpc) is 2.98. The lowest BCUT2D eigenvalue weighted by atomic mass is 9.98. The first-order chi connectivity index (χ1) is 8.72. The van der Waals surface area contributed by atoms with E-state index in [1.807, 2.05) is 6.07 Å². The lowest BCUT2D eigenvalue weighted by Crippen LogP contribution is -2.24. The van der Waals surface area contributed by atoms with Crippen molar-refractivity contribution in [1.82, 2.24) is 5.32 Å². The molecule has 18 heavy (non-hydrogen) atoms. The summed E-state index contributed by atoms with van der Waals surface area (Å²) in [5, 5.41) is 3.41. The summed E-state index contributed by atoms with van der Waals surface area (Å²) in [6.45, 7) is 3.98. The van der Waals surface area contributed by atoms with Crippen LogP contribution in [0.5, 0.6) is 0 Å². The third-order valence-electron chi connectivity index (χ3n) is 3.88. The van der Waals surface area contributed by atoms with Crippen LogP contribution in [0.15, 0.2) is 16.7 Å². The Kier molecular flexibility index (Phi) is 4.42. The Morgan fingerprint density at radius 3 is 3.06 bits per heavy atom. The van der Waals surface area contributed by atoms with Crippen molar-refractivity contribution in [2.45, 2.75) is 32.7 Å². The van der Waals surface area contributed by atoms with Gasteiger partial charge in [-0.05, 0) is 30.9 Å². The molecule has 1 saturated carbocycles. The first-order valence-electron chi connectivity index (χ1n) is 6.57. The largest absolute Gasteiger partial charge is 0.463 e. The molecule has 0 saturated heterocycles. The van der Waals surface area contributed by atoms with Crippen LogP contribution in [0.25, 0.3) is 0 Å². The second-order valence-electron chi connectivity index (χ2n) is 5.07. The molecule has 1 aromatic heterocycles. The summed E-state index contributed by atoms with van der Waals surface area (Å²) in [5.74, 6) is 1.47. The zero-order valence-corrected chi connectivity index (χ0v) is 11.1. The van der Waals surface area contributed by atoms with Gasteiger partial charge in [0.1, 0.15) is 0 Å². The van der Waals surface area contributed by atoms with Gasteiger partial charge in [-0.3, -0.25) is 0 Å². The van der Waals surface area contributed by atoms with Crippen LogP contribution in [0.1, 0.15) is 42.3 Å². The van der Waals surface area contributed by atoms with E-state index in [9.17, 15) is 4.79 Å². The molecule has 2 unspecified atom stereocenters. The van der Waals surface area contributed by atoms with E-state index >= 15 is 0 Å². The third kappa shape index (κ3) is 2.93. The first-order valence-corrected chi connectivity index (χ1v) is 6.57. The van der Waals surface area contributed by atoms with Crippen LogP contribution < -0.4 is 5.32 Å². The maximum atomic E-state index is 11.4. The molecule has 1 fully saturated rings. The van der Waals surface area contributed by atoms with Crippen molar-refractivity contribution in [3.63, 3.8) is 0 Å². The Hall–Kier alpha value is -1.29. The Balaban J connectivity index is 1.83. The summed E-state index contributed by atoms with van der Waals surface area (Å²) in [6.07, 6.45) is 5.52. The number of hydrogen-bond acceptors (Lipinski definition) is 4. The highest BCUT2D eigenvalue weighted by Gasteiger charge is 2.23. The minimum atomic E-state index is -0.411. The van der Waals surface area contributed by atoms with Crippen LogP contribution >= 0.6 is 0 Å². The van der Waals surface area contributed by atoms with E-state index in [0.717, 1.165) is 23.9 Å².